The molecule has 0 unspecified atom stereocenters. The molecule has 0 N–H and O–H groups in total. The number of rotatable bonds is 5. The van der Waals surface area contributed by atoms with Gasteiger partial charge in [-0.05, 0) is 96.8 Å². The van der Waals surface area contributed by atoms with Crippen molar-refractivity contribution in [2.75, 3.05) is 0 Å². The smallest absolute Gasteiger partial charge is 0.00200 e. The predicted molar refractivity (Wildman–Crippen MR) is 199 cm³/mol. The van der Waals surface area contributed by atoms with E-state index in [9.17, 15) is 0 Å². The summed E-state index contributed by atoms with van der Waals surface area (Å²) in [5.74, 6) is 0. The number of benzene rings is 8. The third kappa shape index (κ3) is 4.99. The van der Waals surface area contributed by atoms with Gasteiger partial charge in [0.25, 0.3) is 0 Å². The highest BCUT2D eigenvalue weighted by Gasteiger charge is 2.18. The first-order valence-corrected chi connectivity index (χ1v) is 16.0. The van der Waals surface area contributed by atoms with Crippen LogP contribution in [0.3, 0.4) is 0 Å². The largest absolute Gasteiger partial charge is 0.0622 e. The predicted octanol–water partition coefficient (Wildman–Crippen LogP) is 12.7. The molecule has 46 heavy (non-hydrogen) atoms. The molecule has 0 heteroatoms. The summed E-state index contributed by atoms with van der Waals surface area (Å²) in [5, 5.41) is 7.70. The van der Waals surface area contributed by atoms with Crippen LogP contribution in [0, 0.1) is 13.8 Å². The van der Waals surface area contributed by atoms with Gasteiger partial charge in [0.2, 0.25) is 0 Å². The topological polar surface area (TPSA) is 0 Å². The monoisotopic (exact) mass is 586 g/mol. The van der Waals surface area contributed by atoms with Gasteiger partial charge < -0.3 is 0 Å². The molecule has 0 heterocycles. The van der Waals surface area contributed by atoms with Crippen LogP contribution in [0.15, 0.2) is 164 Å². The second kappa shape index (κ2) is 11.7. The standard InChI is InChI=1S/C46H34/c1-31-21-27-41-43(28-31)45(40-26-20-32(2)29-44(40)46(41)39-19-11-17-34-16-9-10-18-38(34)39)37-24-22-33(23-25-37)30-42(35-12-5-3-6-13-35)36-14-7-4-8-15-36/h3-30H,1-2H3. The van der Waals surface area contributed by atoms with Crippen molar-refractivity contribution in [2.24, 2.45) is 0 Å². The first-order chi connectivity index (χ1) is 22.6. The van der Waals surface area contributed by atoms with Gasteiger partial charge in [-0.2, -0.15) is 0 Å². The summed E-state index contributed by atoms with van der Waals surface area (Å²) < 4.78 is 0. The molecule has 8 rings (SSSR count). The highest BCUT2D eigenvalue weighted by molar-refractivity contribution is 6.23. The van der Waals surface area contributed by atoms with Crippen LogP contribution < -0.4 is 0 Å². The van der Waals surface area contributed by atoms with Crippen LogP contribution in [0.25, 0.3) is 66.2 Å². The quantitative estimate of drug-likeness (QED) is 0.139. The van der Waals surface area contributed by atoms with E-state index < -0.39 is 0 Å². The molecule has 0 aliphatic carbocycles. The van der Waals surface area contributed by atoms with Crippen LogP contribution in [-0.4, -0.2) is 0 Å². The van der Waals surface area contributed by atoms with E-state index in [0.29, 0.717) is 0 Å². The summed E-state index contributed by atoms with van der Waals surface area (Å²) in [5.41, 5.74) is 12.5. The van der Waals surface area contributed by atoms with Crippen molar-refractivity contribution in [3.63, 3.8) is 0 Å². The molecule has 0 spiro atoms. The lowest BCUT2D eigenvalue weighted by atomic mass is 9.83. The number of fused-ring (bicyclic) bond motifs is 3. The van der Waals surface area contributed by atoms with Gasteiger partial charge in [0.05, 0.1) is 0 Å². The molecule has 218 valence electrons. The summed E-state index contributed by atoms with van der Waals surface area (Å²) in [7, 11) is 0. The number of aryl methyl sites for hydroxylation is 2. The fourth-order valence-corrected chi connectivity index (χ4v) is 6.98. The van der Waals surface area contributed by atoms with Gasteiger partial charge in [-0.15, -0.1) is 0 Å². The van der Waals surface area contributed by atoms with Crippen molar-refractivity contribution in [3.8, 4) is 22.3 Å². The van der Waals surface area contributed by atoms with Gasteiger partial charge in [-0.1, -0.05) is 175 Å². The maximum Gasteiger partial charge on any atom is -0.00200 e. The molecular formula is C46H34. The summed E-state index contributed by atoms with van der Waals surface area (Å²) >= 11 is 0. The minimum Gasteiger partial charge on any atom is -0.0622 e. The zero-order valence-corrected chi connectivity index (χ0v) is 26.2. The molecule has 0 fully saturated rings. The summed E-state index contributed by atoms with van der Waals surface area (Å²) in [4.78, 5) is 0. The number of hydrogen-bond donors (Lipinski definition) is 0. The zero-order valence-electron chi connectivity index (χ0n) is 26.2. The molecular weight excluding hydrogens is 553 g/mol. The molecule has 0 saturated carbocycles. The highest BCUT2D eigenvalue weighted by Crippen LogP contribution is 2.46. The Morgan fingerprint density at radius 1 is 0.413 bits per heavy atom. The fraction of sp³-hybridized carbons (Fsp3) is 0.0435. The molecule has 0 bridgehead atoms. The van der Waals surface area contributed by atoms with Gasteiger partial charge >= 0.3 is 0 Å². The maximum absolute atomic E-state index is 2.37. The van der Waals surface area contributed by atoms with E-state index in [-0.39, 0.29) is 0 Å². The van der Waals surface area contributed by atoms with Crippen molar-refractivity contribution in [1.29, 1.82) is 0 Å². The Hall–Kier alpha value is -5.72. The van der Waals surface area contributed by atoms with Crippen LogP contribution in [0.5, 0.6) is 0 Å². The Kier molecular flexibility index (Phi) is 7.04. The van der Waals surface area contributed by atoms with Crippen molar-refractivity contribution in [1.82, 2.24) is 0 Å². The van der Waals surface area contributed by atoms with Gasteiger partial charge in [-0.3, -0.25) is 0 Å². The number of hydrogen-bond acceptors (Lipinski definition) is 0. The molecule has 0 atom stereocenters. The summed E-state index contributed by atoms with van der Waals surface area (Å²) in [6.45, 7) is 4.40. The van der Waals surface area contributed by atoms with Gasteiger partial charge in [-0.25, -0.2) is 0 Å². The fourth-order valence-electron chi connectivity index (χ4n) is 6.98. The lowest BCUT2D eigenvalue weighted by molar-refractivity contribution is 1.49. The van der Waals surface area contributed by atoms with Crippen LogP contribution >= 0.6 is 0 Å². The highest BCUT2D eigenvalue weighted by atomic mass is 14.2. The van der Waals surface area contributed by atoms with Crippen LogP contribution in [0.1, 0.15) is 27.8 Å². The zero-order chi connectivity index (χ0) is 31.0. The summed E-state index contributed by atoms with van der Waals surface area (Å²) in [6, 6.07) is 59.8. The van der Waals surface area contributed by atoms with E-state index in [1.807, 2.05) is 0 Å². The average molecular weight is 587 g/mol. The van der Waals surface area contributed by atoms with Gasteiger partial charge in [0.15, 0.2) is 0 Å². The normalized spacial score (nSPS) is 11.3. The Morgan fingerprint density at radius 3 is 1.61 bits per heavy atom. The minimum absolute atomic E-state index is 1.18. The van der Waals surface area contributed by atoms with Crippen molar-refractivity contribution in [3.05, 3.63) is 192 Å². The lowest BCUT2D eigenvalue weighted by Crippen LogP contribution is -1.93. The van der Waals surface area contributed by atoms with E-state index >= 15 is 0 Å². The maximum atomic E-state index is 2.37. The van der Waals surface area contributed by atoms with Gasteiger partial charge in [0, 0.05) is 0 Å². The average Bonchev–Trinajstić information content (AvgIpc) is 3.10. The minimum atomic E-state index is 1.18. The SMILES string of the molecule is Cc1ccc2c(-c3cccc4ccccc34)c3cc(C)ccc3c(-c3ccc(C=C(c4ccccc4)c4ccccc4)cc3)c2c1. The Morgan fingerprint density at radius 2 is 0.957 bits per heavy atom. The first-order valence-electron chi connectivity index (χ1n) is 16.0. The Balaban J connectivity index is 1.35. The Bertz CT molecular complexity index is 2350. The van der Waals surface area contributed by atoms with Crippen LogP contribution in [0.2, 0.25) is 0 Å². The molecule has 0 nitrogen and oxygen atoms in total. The molecule has 8 aromatic rings. The third-order valence-electron chi connectivity index (χ3n) is 9.17. The molecule has 0 aliphatic rings. The second-order valence-electron chi connectivity index (χ2n) is 12.3. The molecule has 0 saturated heterocycles. The second-order valence-corrected chi connectivity index (χ2v) is 12.3. The van der Waals surface area contributed by atoms with E-state index in [0.717, 1.165) is 0 Å². The molecule has 0 aliphatic heterocycles. The van der Waals surface area contributed by atoms with Crippen LogP contribution in [-0.2, 0) is 0 Å². The third-order valence-corrected chi connectivity index (χ3v) is 9.17. The van der Waals surface area contributed by atoms with E-state index in [1.54, 1.807) is 0 Å². The lowest BCUT2D eigenvalue weighted by Gasteiger charge is -2.20. The molecule has 0 aromatic heterocycles. The van der Waals surface area contributed by atoms with Crippen molar-refractivity contribution < 1.29 is 0 Å². The van der Waals surface area contributed by atoms with E-state index in [2.05, 4.69) is 184 Å². The first kappa shape index (κ1) is 27.8. The van der Waals surface area contributed by atoms with E-state index in [1.165, 1.54) is 88.0 Å². The summed E-state index contributed by atoms with van der Waals surface area (Å²) in [6.07, 6.45) is 2.31. The van der Waals surface area contributed by atoms with Crippen molar-refractivity contribution in [2.45, 2.75) is 13.8 Å². The van der Waals surface area contributed by atoms with Crippen LogP contribution in [0.4, 0.5) is 0 Å². The van der Waals surface area contributed by atoms with Crippen molar-refractivity contribution >= 4 is 44.0 Å². The molecule has 0 amide bonds. The Labute approximate surface area is 270 Å². The van der Waals surface area contributed by atoms with E-state index in [4.69, 9.17) is 0 Å². The van der Waals surface area contributed by atoms with Gasteiger partial charge in [0.1, 0.15) is 0 Å². The molecule has 8 aromatic carbocycles. The molecule has 0 radical (unpaired) electrons.